The second-order valence-corrected chi connectivity index (χ2v) is 4.95. The van der Waals surface area contributed by atoms with Crippen molar-refractivity contribution in [2.24, 2.45) is 0 Å². The molecule has 22 heavy (non-hydrogen) atoms. The van der Waals surface area contributed by atoms with Crippen LogP contribution < -0.4 is 15.4 Å². The molecule has 0 aromatic carbocycles. The zero-order valence-electron chi connectivity index (χ0n) is 12.8. The summed E-state index contributed by atoms with van der Waals surface area (Å²) >= 11 is 0. The molecule has 1 aromatic heterocycles. The van der Waals surface area contributed by atoms with Crippen LogP contribution in [0.25, 0.3) is 0 Å². The number of nitrogens with zero attached hydrogens (tertiary/aromatic N) is 1. The highest BCUT2D eigenvalue weighted by atomic mass is 16.6. The normalized spacial score (nSPS) is 17.8. The van der Waals surface area contributed by atoms with E-state index in [0.29, 0.717) is 45.4 Å². The zero-order valence-corrected chi connectivity index (χ0v) is 12.8. The van der Waals surface area contributed by atoms with Gasteiger partial charge in [0.2, 0.25) is 5.88 Å². The average Bonchev–Trinajstić information content (AvgIpc) is 2.58. The average molecular weight is 309 g/mol. The number of hydrogen-bond acceptors (Lipinski definition) is 5. The highest BCUT2D eigenvalue weighted by molar-refractivity contribution is 5.73. The molecule has 0 saturated carbocycles. The minimum Gasteiger partial charge on any atom is -0.477 e. The lowest BCUT2D eigenvalue weighted by Gasteiger charge is -2.23. The van der Waals surface area contributed by atoms with Crippen LogP contribution >= 0.6 is 0 Å². The highest BCUT2D eigenvalue weighted by Crippen LogP contribution is 2.14. The SMILES string of the molecule is CCCOc1ncccc1CNC(=O)NC[C@@H]1COCCO1. The maximum absolute atomic E-state index is 11.8. The van der Waals surface area contributed by atoms with Gasteiger partial charge in [0.1, 0.15) is 0 Å². The topological polar surface area (TPSA) is 81.7 Å². The van der Waals surface area contributed by atoms with E-state index < -0.39 is 0 Å². The molecular weight excluding hydrogens is 286 g/mol. The second-order valence-electron chi connectivity index (χ2n) is 4.95. The quantitative estimate of drug-likeness (QED) is 0.788. The standard InChI is InChI=1S/C15H23N3O4/c1-2-6-22-14-12(4-3-5-16-14)9-17-15(19)18-10-13-11-20-7-8-21-13/h3-5,13H,2,6-11H2,1H3,(H2,17,18,19)/t13-/m1/s1. The minimum absolute atomic E-state index is 0.0821. The Kier molecular flexibility index (Phi) is 6.92. The molecule has 2 rings (SSSR count). The highest BCUT2D eigenvalue weighted by Gasteiger charge is 2.15. The number of ether oxygens (including phenoxy) is 3. The number of aromatic nitrogens is 1. The molecule has 0 unspecified atom stereocenters. The second kappa shape index (κ2) is 9.22. The van der Waals surface area contributed by atoms with Crippen LogP contribution in [0.3, 0.4) is 0 Å². The largest absolute Gasteiger partial charge is 0.477 e. The van der Waals surface area contributed by atoms with Gasteiger partial charge in [-0.2, -0.15) is 0 Å². The van der Waals surface area contributed by atoms with Crippen LogP contribution in [0, 0.1) is 0 Å². The van der Waals surface area contributed by atoms with Crippen LogP contribution in [0.4, 0.5) is 4.79 Å². The van der Waals surface area contributed by atoms with Crippen LogP contribution in [0.15, 0.2) is 18.3 Å². The molecule has 0 spiro atoms. The van der Waals surface area contributed by atoms with E-state index in [-0.39, 0.29) is 12.1 Å². The molecule has 2 heterocycles. The summed E-state index contributed by atoms with van der Waals surface area (Å²) in [6.07, 6.45) is 2.50. The van der Waals surface area contributed by atoms with Crippen LogP contribution in [0.2, 0.25) is 0 Å². The number of pyridine rings is 1. The summed E-state index contributed by atoms with van der Waals surface area (Å²) in [4.78, 5) is 16.0. The van der Waals surface area contributed by atoms with Gasteiger partial charge in [-0.25, -0.2) is 9.78 Å². The maximum atomic E-state index is 11.8. The van der Waals surface area contributed by atoms with Gasteiger partial charge in [0.15, 0.2) is 0 Å². The summed E-state index contributed by atoms with van der Waals surface area (Å²) in [5, 5.41) is 5.56. The van der Waals surface area contributed by atoms with Crippen molar-refractivity contribution in [2.75, 3.05) is 33.0 Å². The third-order valence-electron chi connectivity index (χ3n) is 3.11. The first-order valence-corrected chi connectivity index (χ1v) is 7.57. The Morgan fingerprint density at radius 2 is 2.36 bits per heavy atom. The third kappa shape index (κ3) is 5.50. The Balaban J connectivity index is 1.73. The molecule has 2 amide bonds. The molecule has 1 atom stereocenters. The van der Waals surface area contributed by atoms with Gasteiger partial charge in [0.05, 0.1) is 32.5 Å². The first-order chi connectivity index (χ1) is 10.8. The Labute approximate surface area is 130 Å². The number of rotatable bonds is 7. The van der Waals surface area contributed by atoms with E-state index in [9.17, 15) is 4.79 Å². The van der Waals surface area contributed by atoms with Gasteiger partial charge in [0, 0.05) is 24.8 Å². The fourth-order valence-corrected chi connectivity index (χ4v) is 1.99. The zero-order chi connectivity index (χ0) is 15.6. The van der Waals surface area contributed by atoms with Crippen molar-refractivity contribution in [3.8, 4) is 5.88 Å². The van der Waals surface area contributed by atoms with Crippen LogP contribution in [-0.2, 0) is 16.0 Å². The summed E-state index contributed by atoms with van der Waals surface area (Å²) in [6.45, 7) is 5.13. The van der Waals surface area contributed by atoms with Crippen molar-refractivity contribution in [2.45, 2.75) is 26.0 Å². The molecular formula is C15H23N3O4. The van der Waals surface area contributed by atoms with Crippen molar-refractivity contribution < 1.29 is 19.0 Å². The first-order valence-electron chi connectivity index (χ1n) is 7.57. The number of hydrogen-bond donors (Lipinski definition) is 2. The monoisotopic (exact) mass is 309 g/mol. The Morgan fingerprint density at radius 3 is 3.14 bits per heavy atom. The Morgan fingerprint density at radius 1 is 1.45 bits per heavy atom. The maximum Gasteiger partial charge on any atom is 0.315 e. The molecule has 0 radical (unpaired) electrons. The molecule has 2 N–H and O–H groups in total. The molecule has 0 bridgehead atoms. The number of urea groups is 1. The fourth-order valence-electron chi connectivity index (χ4n) is 1.99. The summed E-state index contributed by atoms with van der Waals surface area (Å²) < 4.78 is 16.3. The molecule has 7 nitrogen and oxygen atoms in total. The summed E-state index contributed by atoms with van der Waals surface area (Å²) in [6, 6.07) is 3.46. The molecule has 7 heteroatoms. The predicted octanol–water partition coefficient (Wildman–Crippen LogP) is 1.08. The van der Waals surface area contributed by atoms with E-state index in [2.05, 4.69) is 15.6 Å². The number of nitrogens with one attached hydrogen (secondary N) is 2. The molecule has 1 saturated heterocycles. The molecule has 0 aliphatic carbocycles. The minimum atomic E-state index is -0.250. The molecule has 1 aromatic rings. The summed E-state index contributed by atoms with van der Waals surface area (Å²) in [5.41, 5.74) is 0.850. The van der Waals surface area contributed by atoms with Gasteiger partial charge in [-0.1, -0.05) is 13.0 Å². The van der Waals surface area contributed by atoms with Crippen molar-refractivity contribution >= 4 is 6.03 Å². The van der Waals surface area contributed by atoms with Crippen molar-refractivity contribution in [3.63, 3.8) is 0 Å². The fraction of sp³-hybridized carbons (Fsp3) is 0.600. The van der Waals surface area contributed by atoms with Crippen LogP contribution in [0.1, 0.15) is 18.9 Å². The third-order valence-corrected chi connectivity index (χ3v) is 3.11. The van der Waals surface area contributed by atoms with Gasteiger partial charge >= 0.3 is 6.03 Å². The van der Waals surface area contributed by atoms with E-state index in [1.165, 1.54) is 0 Å². The van der Waals surface area contributed by atoms with Crippen LogP contribution in [-0.4, -0.2) is 50.1 Å². The van der Waals surface area contributed by atoms with Gasteiger partial charge in [0.25, 0.3) is 0 Å². The van der Waals surface area contributed by atoms with Crippen molar-refractivity contribution in [3.05, 3.63) is 23.9 Å². The first kappa shape index (κ1) is 16.5. The lowest BCUT2D eigenvalue weighted by molar-refractivity contribution is -0.0853. The van der Waals surface area contributed by atoms with E-state index in [1.54, 1.807) is 6.20 Å². The number of carbonyl (C=O) groups excluding carboxylic acids is 1. The van der Waals surface area contributed by atoms with Crippen molar-refractivity contribution in [1.82, 2.24) is 15.6 Å². The molecule has 1 aliphatic rings. The number of amides is 2. The van der Waals surface area contributed by atoms with E-state index >= 15 is 0 Å². The number of carbonyl (C=O) groups is 1. The van der Waals surface area contributed by atoms with E-state index in [1.807, 2.05) is 19.1 Å². The molecule has 1 aliphatic heterocycles. The van der Waals surface area contributed by atoms with Crippen LogP contribution in [0.5, 0.6) is 5.88 Å². The molecule has 1 fully saturated rings. The summed E-state index contributed by atoms with van der Waals surface area (Å²) in [7, 11) is 0. The predicted molar refractivity (Wildman–Crippen MR) is 80.8 cm³/mol. The molecule has 122 valence electrons. The van der Waals surface area contributed by atoms with E-state index in [0.717, 1.165) is 12.0 Å². The van der Waals surface area contributed by atoms with Crippen molar-refractivity contribution in [1.29, 1.82) is 0 Å². The van der Waals surface area contributed by atoms with Gasteiger partial charge in [-0.15, -0.1) is 0 Å². The van der Waals surface area contributed by atoms with Gasteiger partial charge in [-0.3, -0.25) is 0 Å². The smallest absolute Gasteiger partial charge is 0.315 e. The lowest BCUT2D eigenvalue weighted by atomic mass is 10.2. The Hall–Kier alpha value is -1.86. The Bertz CT molecular complexity index is 464. The van der Waals surface area contributed by atoms with E-state index in [4.69, 9.17) is 14.2 Å². The van der Waals surface area contributed by atoms with Gasteiger partial charge in [-0.05, 0) is 12.5 Å². The van der Waals surface area contributed by atoms with Gasteiger partial charge < -0.3 is 24.8 Å². The lowest BCUT2D eigenvalue weighted by Crippen LogP contribution is -2.43. The summed E-state index contributed by atoms with van der Waals surface area (Å²) in [5.74, 6) is 0.564.